The summed E-state index contributed by atoms with van der Waals surface area (Å²) in [6.07, 6.45) is 0.756. The smallest absolute Gasteiger partial charge is 0.0705 e. The summed E-state index contributed by atoms with van der Waals surface area (Å²) in [6.45, 7) is 0.418. The van der Waals surface area contributed by atoms with E-state index in [0.29, 0.717) is 6.54 Å². The van der Waals surface area contributed by atoms with Crippen LogP contribution in [0.5, 0.6) is 0 Å². The van der Waals surface area contributed by atoms with Gasteiger partial charge in [0.25, 0.3) is 0 Å². The Balaban J connectivity index is 3.62. The van der Waals surface area contributed by atoms with Gasteiger partial charge in [0.2, 0.25) is 0 Å². The summed E-state index contributed by atoms with van der Waals surface area (Å²) in [7, 11) is 0. The van der Waals surface area contributed by atoms with E-state index in [-0.39, 0.29) is 0 Å². The van der Waals surface area contributed by atoms with Crippen molar-refractivity contribution in [2.45, 2.75) is 6.42 Å². The van der Waals surface area contributed by atoms with Gasteiger partial charge in [0.05, 0.1) is 3.39 Å². The molecule has 0 bridgehead atoms. The first-order valence-corrected chi connectivity index (χ1v) is 4.40. The van der Waals surface area contributed by atoms with Gasteiger partial charge in [-0.3, -0.25) is 5.73 Å². The molecule has 0 heterocycles. The third-order valence-electron chi connectivity index (χ3n) is 0.550. The Kier molecular flexibility index (Phi) is 5.68. The number of rotatable bonds is 2. The lowest BCUT2D eigenvalue weighted by Crippen LogP contribution is -1.83. The van der Waals surface area contributed by atoms with E-state index in [0.717, 1.165) is 14.3 Å². The molecule has 0 atom stereocenters. The van der Waals surface area contributed by atoms with Crippen LogP contribution in [0.2, 0.25) is 0 Å². The summed E-state index contributed by atoms with van der Waals surface area (Å²) in [5.41, 5.74) is 6.82. The van der Waals surface area contributed by atoms with Gasteiger partial charge in [-0.15, -0.1) is 0 Å². The highest BCUT2D eigenvalue weighted by Crippen LogP contribution is 2.25. The Bertz CT molecular complexity index is 95.5. The minimum Gasteiger partial charge on any atom is -0.257 e. The van der Waals surface area contributed by atoms with Gasteiger partial charge in [0.1, 0.15) is 0 Å². The van der Waals surface area contributed by atoms with Crippen molar-refractivity contribution < 1.29 is 0 Å². The Morgan fingerprint density at radius 1 is 1.25 bits per heavy atom. The maximum absolute atomic E-state index is 6.82. The molecule has 0 saturated heterocycles. The van der Waals surface area contributed by atoms with Crippen LogP contribution in [0, 0.1) is 0 Å². The first-order chi connectivity index (χ1) is 3.68. The van der Waals surface area contributed by atoms with E-state index in [4.69, 9.17) is 5.73 Å². The molecule has 0 aliphatic rings. The Morgan fingerprint density at radius 3 is 1.88 bits per heavy atom. The highest BCUT2D eigenvalue weighted by molar-refractivity contribution is 9.29. The topological polar surface area (TPSA) is 23.8 Å². The maximum atomic E-state index is 6.82. The lowest BCUT2D eigenvalue weighted by molar-refractivity contribution is 0.969. The molecule has 0 aromatic rings. The maximum Gasteiger partial charge on any atom is 0.0705 e. The van der Waals surface area contributed by atoms with Crippen LogP contribution in [0.15, 0.2) is 7.87 Å². The minimum atomic E-state index is 0.418. The average molecular weight is 307 g/mol. The van der Waals surface area contributed by atoms with Crippen molar-refractivity contribution >= 4 is 47.8 Å². The minimum absolute atomic E-state index is 0.418. The van der Waals surface area contributed by atoms with Crippen LogP contribution in [0.25, 0.3) is 0 Å². The van der Waals surface area contributed by atoms with Gasteiger partial charge in [-0.25, -0.2) is 0 Å². The molecular formula is C4H5Br3N. The van der Waals surface area contributed by atoms with Gasteiger partial charge >= 0.3 is 0 Å². The van der Waals surface area contributed by atoms with E-state index >= 15 is 0 Å². The van der Waals surface area contributed by atoms with Crippen LogP contribution in [0.3, 0.4) is 0 Å². The van der Waals surface area contributed by atoms with Crippen molar-refractivity contribution in [2.24, 2.45) is 0 Å². The van der Waals surface area contributed by atoms with Crippen LogP contribution in [-0.4, -0.2) is 6.54 Å². The molecule has 0 amide bonds. The second kappa shape index (κ2) is 4.97. The number of nitrogens with one attached hydrogen (secondary N) is 1. The zero-order valence-electron chi connectivity index (χ0n) is 4.05. The van der Waals surface area contributed by atoms with Crippen molar-refractivity contribution in [3.63, 3.8) is 0 Å². The molecule has 8 heavy (non-hydrogen) atoms. The lowest BCUT2D eigenvalue weighted by Gasteiger charge is -1.92. The van der Waals surface area contributed by atoms with Crippen molar-refractivity contribution in [1.29, 1.82) is 0 Å². The van der Waals surface area contributed by atoms with E-state index in [1.807, 2.05) is 0 Å². The molecule has 0 rings (SSSR count). The zero-order valence-corrected chi connectivity index (χ0v) is 8.81. The zero-order chi connectivity index (χ0) is 6.57. The van der Waals surface area contributed by atoms with E-state index < -0.39 is 0 Å². The van der Waals surface area contributed by atoms with Crippen molar-refractivity contribution in [3.8, 4) is 0 Å². The molecule has 4 heteroatoms. The highest BCUT2D eigenvalue weighted by Gasteiger charge is 1.93. The van der Waals surface area contributed by atoms with Gasteiger partial charge in [-0.2, -0.15) is 0 Å². The summed E-state index contributed by atoms with van der Waals surface area (Å²) in [4.78, 5) is 0. The summed E-state index contributed by atoms with van der Waals surface area (Å²) in [6, 6.07) is 0. The predicted molar refractivity (Wildman–Crippen MR) is 46.4 cm³/mol. The largest absolute Gasteiger partial charge is 0.257 e. The molecule has 0 unspecified atom stereocenters. The molecule has 1 radical (unpaired) electrons. The van der Waals surface area contributed by atoms with Crippen LogP contribution in [0.1, 0.15) is 6.42 Å². The Labute approximate surface area is 74.1 Å². The second-order valence-electron chi connectivity index (χ2n) is 1.17. The monoisotopic (exact) mass is 304 g/mol. The standard InChI is InChI=1S/C4H5Br3N/c5-3(1-2-8)4(6)7/h8H,1-2H2. The van der Waals surface area contributed by atoms with Crippen LogP contribution >= 0.6 is 47.8 Å². The Hall–Kier alpha value is 1.14. The Morgan fingerprint density at radius 2 is 1.75 bits per heavy atom. The summed E-state index contributed by atoms with van der Waals surface area (Å²) in [5.74, 6) is 0. The van der Waals surface area contributed by atoms with E-state index in [1.165, 1.54) is 0 Å². The lowest BCUT2D eigenvalue weighted by atomic mass is 10.4. The normalized spacial score (nSPS) is 9.00. The molecule has 1 N–H and O–H groups in total. The van der Waals surface area contributed by atoms with Crippen LogP contribution in [-0.2, 0) is 0 Å². The molecule has 1 nitrogen and oxygen atoms in total. The summed E-state index contributed by atoms with van der Waals surface area (Å²) >= 11 is 9.68. The third-order valence-corrected chi connectivity index (χ3v) is 3.36. The molecule has 0 aromatic carbocycles. The van der Waals surface area contributed by atoms with E-state index in [9.17, 15) is 0 Å². The van der Waals surface area contributed by atoms with Gasteiger partial charge in [-0.05, 0) is 38.3 Å². The van der Waals surface area contributed by atoms with Gasteiger partial charge in [-0.1, -0.05) is 15.9 Å². The van der Waals surface area contributed by atoms with Crippen molar-refractivity contribution in [1.82, 2.24) is 5.73 Å². The molecule has 0 aliphatic heterocycles. The van der Waals surface area contributed by atoms with Crippen LogP contribution < -0.4 is 5.73 Å². The molecule has 0 spiro atoms. The molecular weight excluding hydrogens is 302 g/mol. The number of halogens is 3. The summed E-state index contributed by atoms with van der Waals surface area (Å²) < 4.78 is 1.91. The molecule has 0 saturated carbocycles. The van der Waals surface area contributed by atoms with Crippen molar-refractivity contribution in [2.75, 3.05) is 6.54 Å². The fourth-order valence-corrected chi connectivity index (χ4v) is 0.799. The second-order valence-corrected chi connectivity index (χ2v) is 4.77. The predicted octanol–water partition coefficient (Wildman–Crippen LogP) is 3.01. The van der Waals surface area contributed by atoms with Gasteiger partial charge < -0.3 is 0 Å². The van der Waals surface area contributed by atoms with E-state index in [1.54, 1.807) is 0 Å². The molecule has 0 fully saturated rings. The average Bonchev–Trinajstić information content (AvgIpc) is 1.67. The van der Waals surface area contributed by atoms with E-state index in [2.05, 4.69) is 47.8 Å². The SMILES string of the molecule is [NH]CCC(Br)=C(Br)Br. The highest BCUT2D eigenvalue weighted by atomic mass is 79.9. The quantitative estimate of drug-likeness (QED) is 0.749. The number of hydrogen-bond acceptors (Lipinski definition) is 0. The molecule has 0 aromatic heterocycles. The van der Waals surface area contributed by atoms with Gasteiger partial charge in [0, 0.05) is 11.0 Å². The summed E-state index contributed by atoms with van der Waals surface area (Å²) in [5, 5.41) is 0. The molecule has 0 aliphatic carbocycles. The van der Waals surface area contributed by atoms with Crippen molar-refractivity contribution in [3.05, 3.63) is 7.87 Å². The first kappa shape index (κ1) is 9.14. The van der Waals surface area contributed by atoms with Crippen LogP contribution in [0.4, 0.5) is 0 Å². The molecule has 47 valence electrons. The van der Waals surface area contributed by atoms with Gasteiger partial charge in [0.15, 0.2) is 0 Å². The first-order valence-electron chi connectivity index (χ1n) is 2.02. The fraction of sp³-hybridized carbons (Fsp3) is 0.500. The fourth-order valence-electron chi connectivity index (χ4n) is 0.204. The number of hydrogen-bond donors (Lipinski definition) is 0. The third kappa shape index (κ3) is 4.06.